The van der Waals surface area contributed by atoms with Gasteiger partial charge in [0, 0.05) is 12.3 Å². The first-order valence-corrected chi connectivity index (χ1v) is 5.64. The van der Waals surface area contributed by atoms with Crippen molar-refractivity contribution in [1.82, 2.24) is 4.57 Å². The molecule has 0 fully saturated rings. The van der Waals surface area contributed by atoms with E-state index in [1.807, 2.05) is 0 Å². The third-order valence-corrected chi connectivity index (χ3v) is 2.53. The van der Waals surface area contributed by atoms with E-state index >= 15 is 0 Å². The summed E-state index contributed by atoms with van der Waals surface area (Å²) in [6.45, 7) is 0.793. The van der Waals surface area contributed by atoms with Crippen LogP contribution in [0.5, 0.6) is 5.75 Å². The lowest BCUT2D eigenvalue weighted by Gasteiger charge is -2.09. The van der Waals surface area contributed by atoms with Crippen molar-refractivity contribution < 1.29 is 9.53 Å². The summed E-state index contributed by atoms with van der Waals surface area (Å²) in [6, 6.07) is 12.0. The quantitative estimate of drug-likeness (QED) is 0.751. The Morgan fingerprint density at radius 1 is 1.11 bits per heavy atom. The molecular formula is C14H13NO3. The predicted octanol–water partition coefficient (Wildman–Crippen LogP) is 1.74. The fraction of sp³-hybridized carbons (Fsp3) is 0.143. The number of rotatable bonds is 5. The first-order chi connectivity index (χ1) is 8.81. The molecule has 0 spiro atoms. The third kappa shape index (κ3) is 2.85. The number of nitrogens with zero attached hydrogens (tertiary/aromatic N) is 1. The zero-order valence-electron chi connectivity index (χ0n) is 9.78. The molecule has 92 valence electrons. The molecule has 4 heteroatoms. The van der Waals surface area contributed by atoms with Crippen molar-refractivity contribution in [2.75, 3.05) is 6.61 Å². The summed E-state index contributed by atoms with van der Waals surface area (Å²) in [5, 5.41) is 0. The van der Waals surface area contributed by atoms with Gasteiger partial charge in [0.2, 0.25) is 0 Å². The molecule has 0 aliphatic heterocycles. The summed E-state index contributed by atoms with van der Waals surface area (Å²) in [5.74, 6) is 0.538. The third-order valence-electron chi connectivity index (χ3n) is 2.53. The Labute approximate surface area is 104 Å². The van der Waals surface area contributed by atoms with Crippen molar-refractivity contribution in [3.63, 3.8) is 0 Å². The van der Waals surface area contributed by atoms with E-state index in [0.717, 1.165) is 6.29 Å². The van der Waals surface area contributed by atoms with Gasteiger partial charge < -0.3 is 9.30 Å². The van der Waals surface area contributed by atoms with E-state index in [0.29, 0.717) is 24.5 Å². The normalized spacial score (nSPS) is 10.0. The molecular weight excluding hydrogens is 230 g/mol. The van der Waals surface area contributed by atoms with Gasteiger partial charge in [0.1, 0.15) is 12.4 Å². The molecule has 0 amide bonds. The Balaban J connectivity index is 1.99. The van der Waals surface area contributed by atoms with Gasteiger partial charge in [-0.25, -0.2) is 0 Å². The van der Waals surface area contributed by atoms with E-state index in [1.54, 1.807) is 47.2 Å². The second kappa shape index (κ2) is 5.82. The van der Waals surface area contributed by atoms with E-state index in [9.17, 15) is 9.59 Å². The first kappa shape index (κ1) is 12.1. The summed E-state index contributed by atoms with van der Waals surface area (Å²) in [7, 11) is 0. The molecule has 0 aliphatic carbocycles. The number of para-hydroxylation sites is 1. The number of carbonyl (C=O) groups is 1. The zero-order valence-corrected chi connectivity index (χ0v) is 9.78. The summed E-state index contributed by atoms with van der Waals surface area (Å²) >= 11 is 0. The SMILES string of the molecule is O=Cc1ccccc1OCCn1ccccc1=O. The van der Waals surface area contributed by atoms with Crippen LogP contribution in [0.4, 0.5) is 0 Å². The van der Waals surface area contributed by atoms with Crippen LogP contribution in [0, 0.1) is 0 Å². The largest absolute Gasteiger partial charge is 0.491 e. The highest BCUT2D eigenvalue weighted by Gasteiger charge is 2.01. The average molecular weight is 243 g/mol. The molecule has 0 N–H and O–H groups in total. The Kier molecular flexibility index (Phi) is 3.91. The number of hydrogen-bond donors (Lipinski definition) is 0. The van der Waals surface area contributed by atoms with Crippen LogP contribution in [-0.4, -0.2) is 17.5 Å². The monoisotopic (exact) mass is 243 g/mol. The number of ether oxygens (including phenoxy) is 1. The van der Waals surface area contributed by atoms with E-state index in [1.165, 1.54) is 6.07 Å². The van der Waals surface area contributed by atoms with Gasteiger partial charge >= 0.3 is 0 Å². The fourth-order valence-corrected chi connectivity index (χ4v) is 1.61. The van der Waals surface area contributed by atoms with Crippen LogP contribution in [-0.2, 0) is 6.54 Å². The number of hydrogen-bond acceptors (Lipinski definition) is 3. The van der Waals surface area contributed by atoms with Gasteiger partial charge in [-0.3, -0.25) is 9.59 Å². The molecule has 0 unspecified atom stereocenters. The standard InChI is InChI=1S/C14H13NO3/c16-11-12-5-1-2-6-13(12)18-10-9-15-8-4-3-7-14(15)17/h1-8,11H,9-10H2. The molecule has 0 atom stereocenters. The Bertz CT molecular complexity index is 589. The van der Waals surface area contributed by atoms with E-state index in [2.05, 4.69) is 0 Å². The second-order valence-electron chi connectivity index (χ2n) is 3.74. The van der Waals surface area contributed by atoms with Crippen LogP contribution in [0.3, 0.4) is 0 Å². The topological polar surface area (TPSA) is 48.3 Å². The second-order valence-corrected chi connectivity index (χ2v) is 3.74. The van der Waals surface area contributed by atoms with Gasteiger partial charge in [-0.1, -0.05) is 18.2 Å². The predicted molar refractivity (Wildman–Crippen MR) is 68.0 cm³/mol. The molecule has 1 heterocycles. The minimum atomic E-state index is -0.0650. The van der Waals surface area contributed by atoms with Crippen LogP contribution in [0.1, 0.15) is 10.4 Å². The Hall–Kier alpha value is -2.36. The van der Waals surface area contributed by atoms with Crippen LogP contribution >= 0.6 is 0 Å². The van der Waals surface area contributed by atoms with Crippen LogP contribution in [0.2, 0.25) is 0 Å². The number of aldehydes is 1. The molecule has 0 radical (unpaired) electrons. The van der Waals surface area contributed by atoms with Crippen molar-refractivity contribution in [3.05, 3.63) is 64.6 Å². The van der Waals surface area contributed by atoms with Gasteiger partial charge in [-0.05, 0) is 18.2 Å². The maximum Gasteiger partial charge on any atom is 0.250 e. The number of pyridine rings is 1. The Morgan fingerprint density at radius 3 is 2.67 bits per heavy atom. The number of benzene rings is 1. The van der Waals surface area contributed by atoms with Crippen LogP contribution < -0.4 is 10.3 Å². The fourth-order valence-electron chi connectivity index (χ4n) is 1.61. The molecule has 1 aromatic heterocycles. The molecule has 18 heavy (non-hydrogen) atoms. The summed E-state index contributed by atoms with van der Waals surface area (Å²) in [5.41, 5.74) is 0.447. The highest BCUT2D eigenvalue weighted by atomic mass is 16.5. The Morgan fingerprint density at radius 2 is 1.89 bits per heavy atom. The minimum absolute atomic E-state index is 0.0650. The van der Waals surface area contributed by atoms with E-state index in [-0.39, 0.29) is 5.56 Å². The number of carbonyl (C=O) groups excluding carboxylic acids is 1. The van der Waals surface area contributed by atoms with Crippen molar-refractivity contribution in [1.29, 1.82) is 0 Å². The highest BCUT2D eigenvalue weighted by Crippen LogP contribution is 2.15. The molecule has 2 aromatic rings. The van der Waals surface area contributed by atoms with Crippen molar-refractivity contribution in [3.8, 4) is 5.75 Å². The van der Waals surface area contributed by atoms with Crippen molar-refractivity contribution >= 4 is 6.29 Å². The van der Waals surface area contributed by atoms with Crippen molar-refractivity contribution in [2.45, 2.75) is 6.54 Å². The highest BCUT2D eigenvalue weighted by molar-refractivity contribution is 5.79. The molecule has 0 bridgehead atoms. The molecule has 0 saturated heterocycles. The van der Waals surface area contributed by atoms with E-state index < -0.39 is 0 Å². The van der Waals surface area contributed by atoms with Gasteiger partial charge in [0.05, 0.1) is 12.1 Å². The number of aromatic nitrogens is 1. The van der Waals surface area contributed by atoms with Gasteiger partial charge in [0.25, 0.3) is 5.56 Å². The van der Waals surface area contributed by atoms with Crippen molar-refractivity contribution in [2.24, 2.45) is 0 Å². The van der Waals surface area contributed by atoms with Crippen LogP contribution in [0.25, 0.3) is 0 Å². The average Bonchev–Trinajstić information content (AvgIpc) is 2.41. The maximum absolute atomic E-state index is 11.4. The minimum Gasteiger partial charge on any atom is -0.491 e. The summed E-state index contributed by atoms with van der Waals surface area (Å²) < 4.78 is 7.06. The lowest BCUT2D eigenvalue weighted by Crippen LogP contribution is -2.21. The smallest absolute Gasteiger partial charge is 0.250 e. The molecule has 0 aliphatic rings. The summed E-state index contributed by atoms with van der Waals surface area (Å²) in [6.07, 6.45) is 2.46. The molecule has 4 nitrogen and oxygen atoms in total. The first-order valence-electron chi connectivity index (χ1n) is 5.64. The van der Waals surface area contributed by atoms with Gasteiger partial charge in [-0.2, -0.15) is 0 Å². The zero-order chi connectivity index (χ0) is 12.8. The lowest BCUT2D eigenvalue weighted by atomic mass is 10.2. The van der Waals surface area contributed by atoms with Crippen LogP contribution in [0.15, 0.2) is 53.5 Å². The summed E-state index contributed by atoms with van der Waals surface area (Å²) in [4.78, 5) is 22.2. The molecule has 0 saturated carbocycles. The van der Waals surface area contributed by atoms with Gasteiger partial charge in [-0.15, -0.1) is 0 Å². The molecule has 2 rings (SSSR count). The maximum atomic E-state index is 11.4. The van der Waals surface area contributed by atoms with Gasteiger partial charge in [0.15, 0.2) is 6.29 Å². The van der Waals surface area contributed by atoms with E-state index in [4.69, 9.17) is 4.74 Å². The molecule has 1 aromatic carbocycles. The lowest BCUT2D eigenvalue weighted by molar-refractivity contribution is 0.111.